The Morgan fingerprint density at radius 1 is 1.03 bits per heavy atom. The molecular formula is C19H23F3O10S2. The van der Waals surface area contributed by atoms with Gasteiger partial charge in [-0.3, -0.25) is 18.3 Å². The van der Waals surface area contributed by atoms with E-state index < -0.39 is 79.5 Å². The van der Waals surface area contributed by atoms with Crippen molar-refractivity contribution in [3.63, 3.8) is 0 Å². The molecule has 10 unspecified atom stereocenters. The molecule has 1 heterocycles. The van der Waals surface area contributed by atoms with Crippen LogP contribution in [0.4, 0.5) is 13.2 Å². The molecule has 5 aliphatic rings. The molecule has 192 valence electrons. The highest BCUT2D eigenvalue weighted by Gasteiger charge is 2.66. The van der Waals surface area contributed by atoms with Crippen LogP contribution in [0, 0.1) is 35.5 Å². The Kier molecular flexibility index (Phi) is 5.54. The molecule has 34 heavy (non-hydrogen) atoms. The quantitative estimate of drug-likeness (QED) is 0.299. The standard InChI is InChI=1S/C19H23F3O10S2/c20-19(21,22)12(33(25,26)27)6-30-17(23)13-7-1-2-8(3-7)14(13)18(24)31-15-9-4-10-11(5-9)34(28,29)32-16(10)15/h7-16H,1-6H2,(H,25,26,27). The monoisotopic (exact) mass is 532 g/mol. The number of fused-ring (bicyclic) bond motifs is 3. The van der Waals surface area contributed by atoms with E-state index in [0.717, 1.165) is 0 Å². The fraction of sp³-hybridized carbons (Fsp3) is 0.895. The molecule has 5 fully saturated rings. The van der Waals surface area contributed by atoms with Crippen LogP contribution in [0.3, 0.4) is 0 Å². The van der Waals surface area contributed by atoms with Crippen LogP contribution in [0.2, 0.25) is 0 Å². The number of carbonyl (C=O) groups excluding carboxylic acids is 2. The maximum Gasteiger partial charge on any atom is 0.411 e. The highest BCUT2D eigenvalue weighted by atomic mass is 32.2. The average Bonchev–Trinajstić information content (AvgIpc) is 3.47. The molecule has 4 aliphatic carbocycles. The van der Waals surface area contributed by atoms with Gasteiger partial charge in [0.2, 0.25) is 5.25 Å². The van der Waals surface area contributed by atoms with E-state index in [-0.39, 0.29) is 23.7 Å². The summed E-state index contributed by atoms with van der Waals surface area (Å²) in [6.45, 7) is -1.63. The Morgan fingerprint density at radius 3 is 2.24 bits per heavy atom. The number of hydrogen-bond acceptors (Lipinski definition) is 9. The summed E-state index contributed by atoms with van der Waals surface area (Å²) in [5.41, 5.74) is 0. The second-order valence-electron chi connectivity index (χ2n) is 9.95. The second-order valence-corrected chi connectivity index (χ2v) is 13.3. The predicted octanol–water partition coefficient (Wildman–Crippen LogP) is 1.06. The fourth-order valence-electron chi connectivity index (χ4n) is 6.83. The lowest BCUT2D eigenvalue weighted by Crippen LogP contribution is -2.44. The number of alkyl halides is 3. The third-order valence-corrected chi connectivity index (χ3v) is 11.1. The van der Waals surface area contributed by atoms with Crippen molar-refractivity contribution >= 4 is 32.2 Å². The highest BCUT2D eigenvalue weighted by molar-refractivity contribution is 7.87. The topological polar surface area (TPSA) is 150 Å². The minimum atomic E-state index is -5.57. The Morgan fingerprint density at radius 2 is 1.65 bits per heavy atom. The van der Waals surface area contributed by atoms with Gasteiger partial charge in [0.25, 0.3) is 20.2 Å². The largest absolute Gasteiger partial charge is 0.464 e. The molecule has 0 spiro atoms. The van der Waals surface area contributed by atoms with Crippen molar-refractivity contribution in [1.82, 2.24) is 0 Å². The molecule has 0 radical (unpaired) electrons. The summed E-state index contributed by atoms with van der Waals surface area (Å²) < 4.78 is 110. The number of halogens is 3. The van der Waals surface area contributed by atoms with Crippen LogP contribution in [-0.2, 0) is 43.5 Å². The van der Waals surface area contributed by atoms with Gasteiger partial charge < -0.3 is 9.47 Å². The van der Waals surface area contributed by atoms with Gasteiger partial charge in [0, 0.05) is 11.8 Å². The molecule has 0 amide bonds. The molecule has 1 N–H and O–H groups in total. The zero-order chi connectivity index (χ0) is 24.8. The van der Waals surface area contributed by atoms with Crippen molar-refractivity contribution in [3.05, 3.63) is 0 Å². The smallest absolute Gasteiger partial charge is 0.411 e. The predicted molar refractivity (Wildman–Crippen MR) is 104 cm³/mol. The van der Waals surface area contributed by atoms with E-state index >= 15 is 0 Å². The summed E-state index contributed by atoms with van der Waals surface area (Å²) in [4.78, 5) is 25.8. The lowest BCUT2D eigenvalue weighted by atomic mass is 9.79. The van der Waals surface area contributed by atoms with E-state index in [2.05, 4.69) is 4.74 Å². The molecule has 15 heteroatoms. The molecule has 10 nitrogen and oxygen atoms in total. The summed E-state index contributed by atoms with van der Waals surface area (Å²) in [6, 6.07) is 0. The van der Waals surface area contributed by atoms with Gasteiger partial charge in [-0.1, -0.05) is 0 Å². The number of esters is 2. The van der Waals surface area contributed by atoms with Crippen LogP contribution >= 0.6 is 0 Å². The minimum absolute atomic E-state index is 0.187. The van der Waals surface area contributed by atoms with E-state index in [1.807, 2.05) is 0 Å². The second kappa shape index (κ2) is 7.77. The number of ether oxygens (including phenoxy) is 2. The third kappa shape index (κ3) is 3.82. The molecule has 5 rings (SSSR count). The summed E-state index contributed by atoms with van der Waals surface area (Å²) in [7, 11) is -9.29. The van der Waals surface area contributed by atoms with Gasteiger partial charge in [0.15, 0.2) is 0 Å². The minimum Gasteiger partial charge on any atom is -0.464 e. The first-order chi connectivity index (χ1) is 15.7. The molecular weight excluding hydrogens is 509 g/mol. The van der Waals surface area contributed by atoms with Gasteiger partial charge in [0.1, 0.15) is 18.8 Å². The lowest BCUT2D eigenvalue weighted by molar-refractivity contribution is -0.174. The zero-order valence-electron chi connectivity index (χ0n) is 17.6. The first-order valence-corrected chi connectivity index (χ1v) is 14.0. The Hall–Kier alpha value is -1.45. The van der Waals surface area contributed by atoms with Crippen molar-refractivity contribution in [2.45, 2.75) is 61.0 Å². The van der Waals surface area contributed by atoms with Gasteiger partial charge in [-0.2, -0.15) is 30.0 Å². The maximum atomic E-state index is 13.1. The molecule has 0 aromatic heterocycles. The van der Waals surface area contributed by atoms with Crippen molar-refractivity contribution in [3.8, 4) is 0 Å². The molecule has 1 saturated heterocycles. The zero-order valence-corrected chi connectivity index (χ0v) is 19.2. The van der Waals surface area contributed by atoms with E-state index in [9.17, 15) is 39.6 Å². The first kappa shape index (κ1) is 24.3. The van der Waals surface area contributed by atoms with E-state index in [4.69, 9.17) is 13.5 Å². The van der Waals surface area contributed by atoms with Crippen LogP contribution in [-0.4, -0.2) is 68.8 Å². The van der Waals surface area contributed by atoms with Gasteiger partial charge >= 0.3 is 18.1 Å². The number of carbonyl (C=O) groups is 2. The number of rotatable bonds is 6. The van der Waals surface area contributed by atoms with Crippen LogP contribution in [0.5, 0.6) is 0 Å². The summed E-state index contributed by atoms with van der Waals surface area (Å²) in [6.07, 6.45) is -4.43. The lowest BCUT2D eigenvalue weighted by Gasteiger charge is -2.31. The van der Waals surface area contributed by atoms with Crippen molar-refractivity contribution in [2.75, 3.05) is 6.61 Å². The molecule has 10 atom stereocenters. The van der Waals surface area contributed by atoms with Crippen molar-refractivity contribution in [1.29, 1.82) is 0 Å². The van der Waals surface area contributed by atoms with Crippen LogP contribution in [0.25, 0.3) is 0 Å². The molecule has 4 bridgehead atoms. The molecule has 0 aromatic carbocycles. The SMILES string of the molecule is O=C(OCC(C(F)(F)F)S(=O)(=O)O)C1C2CCC(C2)C1C(=O)OC1C2CC3C1OS(=O)(=O)C3C2. The van der Waals surface area contributed by atoms with E-state index in [1.54, 1.807) is 0 Å². The normalized spacial score (nSPS) is 42.6. The molecule has 0 aromatic rings. The summed E-state index contributed by atoms with van der Waals surface area (Å²) in [5.74, 6) is -5.04. The molecule has 1 aliphatic heterocycles. The Labute approximate surface area is 193 Å². The van der Waals surface area contributed by atoms with Crippen LogP contribution in [0.15, 0.2) is 0 Å². The fourth-order valence-corrected chi connectivity index (χ4v) is 9.29. The number of hydrogen-bond donors (Lipinski definition) is 1. The van der Waals surface area contributed by atoms with Gasteiger partial charge in [-0.15, -0.1) is 0 Å². The van der Waals surface area contributed by atoms with Crippen molar-refractivity contribution in [2.24, 2.45) is 35.5 Å². The Balaban J connectivity index is 1.28. The first-order valence-electron chi connectivity index (χ1n) is 11.0. The summed E-state index contributed by atoms with van der Waals surface area (Å²) in [5, 5.41) is -3.90. The van der Waals surface area contributed by atoms with Gasteiger partial charge in [-0.25, -0.2) is 0 Å². The van der Waals surface area contributed by atoms with Crippen molar-refractivity contribution < 1.29 is 57.8 Å². The van der Waals surface area contributed by atoms with Crippen LogP contribution in [0.1, 0.15) is 32.1 Å². The highest BCUT2D eigenvalue weighted by Crippen LogP contribution is 2.57. The van der Waals surface area contributed by atoms with E-state index in [1.165, 1.54) is 0 Å². The van der Waals surface area contributed by atoms with E-state index in [0.29, 0.717) is 32.1 Å². The summed E-state index contributed by atoms with van der Waals surface area (Å²) >= 11 is 0. The third-order valence-electron chi connectivity index (χ3n) is 8.23. The van der Waals surface area contributed by atoms with Crippen LogP contribution < -0.4 is 0 Å². The maximum absolute atomic E-state index is 13.1. The average molecular weight is 533 g/mol. The van der Waals surface area contributed by atoms with Gasteiger partial charge in [-0.05, 0) is 43.9 Å². The molecule has 4 saturated carbocycles. The Bertz CT molecular complexity index is 1100. The van der Waals surface area contributed by atoms with Gasteiger partial charge in [0.05, 0.1) is 17.1 Å².